The normalized spacial score (nSPS) is 10.5. The lowest BCUT2D eigenvalue weighted by Gasteiger charge is -2.07. The standard InChI is InChI=1S/C13H17N3O/c1-3-17-12-6-4-5-11(8-12)9-16-13(14)7-10(2)15-16/h4-8H,3,9,14H2,1-2H3. The highest BCUT2D eigenvalue weighted by atomic mass is 16.5. The summed E-state index contributed by atoms with van der Waals surface area (Å²) in [6.45, 7) is 5.25. The van der Waals surface area contributed by atoms with Crippen LogP contribution in [0.25, 0.3) is 0 Å². The summed E-state index contributed by atoms with van der Waals surface area (Å²) >= 11 is 0. The van der Waals surface area contributed by atoms with Crippen LogP contribution in [0.2, 0.25) is 0 Å². The Balaban J connectivity index is 2.18. The van der Waals surface area contributed by atoms with Crippen molar-refractivity contribution in [2.45, 2.75) is 20.4 Å². The second-order valence-electron chi connectivity index (χ2n) is 3.95. The molecule has 0 atom stereocenters. The summed E-state index contributed by atoms with van der Waals surface area (Å²) in [5.41, 5.74) is 7.92. The van der Waals surface area contributed by atoms with Gasteiger partial charge in [0.1, 0.15) is 11.6 Å². The molecular formula is C13H17N3O. The lowest BCUT2D eigenvalue weighted by Crippen LogP contribution is -2.06. The summed E-state index contributed by atoms with van der Waals surface area (Å²) < 4.78 is 7.25. The highest BCUT2D eigenvalue weighted by Crippen LogP contribution is 2.15. The number of rotatable bonds is 4. The van der Waals surface area contributed by atoms with E-state index in [1.807, 2.05) is 44.2 Å². The molecule has 0 spiro atoms. The van der Waals surface area contributed by atoms with Gasteiger partial charge in [0.05, 0.1) is 18.8 Å². The second kappa shape index (κ2) is 4.91. The van der Waals surface area contributed by atoms with E-state index >= 15 is 0 Å². The van der Waals surface area contributed by atoms with E-state index in [4.69, 9.17) is 10.5 Å². The molecule has 1 aromatic heterocycles. The smallest absolute Gasteiger partial charge is 0.122 e. The number of nitrogens with two attached hydrogens (primary N) is 1. The molecule has 17 heavy (non-hydrogen) atoms. The van der Waals surface area contributed by atoms with E-state index in [0.717, 1.165) is 17.0 Å². The number of nitrogen functional groups attached to an aromatic ring is 1. The maximum absolute atomic E-state index is 5.86. The monoisotopic (exact) mass is 231 g/mol. The molecule has 0 saturated heterocycles. The molecule has 0 aliphatic heterocycles. The molecule has 1 heterocycles. The van der Waals surface area contributed by atoms with Gasteiger partial charge in [-0.3, -0.25) is 0 Å². The van der Waals surface area contributed by atoms with Crippen molar-refractivity contribution in [1.82, 2.24) is 9.78 Å². The molecule has 4 heteroatoms. The lowest BCUT2D eigenvalue weighted by atomic mass is 10.2. The molecule has 4 nitrogen and oxygen atoms in total. The zero-order valence-electron chi connectivity index (χ0n) is 10.2. The lowest BCUT2D eigenvalue weighted by molar-refractivity contribution is 0.340. The van der Waals surface area contributed by atoms with Gasteiger partial charge in [-0.2, -0.15) is 5.10 Å². The highest BCUT2D eigenvalue weighted by Gasteiger charge is 2.03. The molecule has 0 amide bonds. The fourth-order valence-corrected chi connectivity index (χ4v) is 1.77. The molecule has 0 unspecified atom stereocenters. The van der Waals surface area contributed by atoms with Crippen molar-refractivity contribution >= 4 is 5.82 Å². The van der Waals surface area contributed by atoms with E-state index in [2.05, 4.69) is 5.10 Å². The van der Waals surface area contributed by atoms with Crippen LogP contribution < -0.4 is 10.5 Å². The first-order valence-electron chi connectivity index (χ1n) is 5.70. The van der Waals surface area contributed by atoms with E-state index in [-0.39, 0.29) is 0 Å². The van der Waals surface area contributed by atoms with Crippen molar-refractivity contribution in [3.63, 3.8) is 0 Å². The molecule has 1 aromatic carbocycles. The average molecular weight is 231 g/mol. The van der Waals surface area contributed by atoms with Crippen LogP contribution in [0.4, 0.5) is 5.82 Å². The second-order valence-corrected chi connectivity index (χ2v) is 3.95. The van der Waals surface area contributed by atoms with Crippen LogP contribution in [0.3, 0.4) is 0 Å². The fourth-order valence-electron chi connectivity index (χ4n) is 1.77. The fraction of sp³-hybridized carbons (Fsp3) is 0.308. The Morgan fingerprint density at radius 2 is 2.18 bits per heavy atom. The SMILES string of the molecule is CCOc1cccc(Cn2nc(C)cc2N)c1. The van der Waals surface area contributed by atoms with Crippen molar-refractivity contribution in [1.29, 1.82) is 0 Å². The number of aryl methyl sites for hydroxylation is 1. The van der Waals surface area contributed by atoms with Gasteiger partial charge in [-0.15, -0.1) is 0 Å². The van der Waals surface area contributed by atoms with Crippen LogP contribution in [0.5, 0.6) is 5.75 Å². The van der Waals surface area contributed by atoms with E-state index < -0.39 is 0 Å². The summed E-state index contributed by atoms with van der Waals surface area (Å²) in [5, 5.41) is 4.33. The highest BCUT2D eigenvalue weighted by molar-refractivity contribution is 5.33. The number of hydrogen-bond donors (Lipinski definition) is 1. The Morgan fingerprint density at radius 1 is 1.35 bits per heavy atom. The zero-order valence-corrected chi connectivity index (χ0v) is 10.2. The summed E-state index contributed by atoms with van der Waals surface area (Å²) in [4.78, 5) is 0. The quantitative estimate of drug-likeness (QED) is 0.877. The molecule has 2 N–H and O–H groups in total. The first-order chi connectivity index (χ1) is 8.19. The third kappa shape index (κ3) is 2.78. The number of aromatic nitrogens is 2. The number of anilines is 1. The maximum Gasteiger partial charge on any atom is 0.122 e. The van der Waals surface area contributed by atoms with Gasteiger partial charge in [-0.25, -0.2) is 4.68 Å². The molecule has 0 saturated carbocycles. The Hall–Kier alpha value is -1.97. The molecule has 2 aromatic rings. The predicted octanol–water partition coefficient (Wildman–Crippen LogP) is 2.22. The van der Waals surface area contributed by atoms with Gasteiger partial charge >= 0.3 is 0 Å². The third-order valence-corrected chi connectivity index (χ3v) is 2.48. The summed E-state index contributed by atoms with van der Waals surface area (Å²) in [7, 11) is 0. The van der Waals surface area contributed by atoms with Crippen molar-refractivity contribution < 1.29 is 4.74 Å². The molecule has 0 aliphatic rings. The molecule has 0 fully saturated rings. The number of benzene rings is 1. The largest absolute Gasteiger partial charge is 0.494 e. The molecule has 2 rings (SSSR count). The Morgan fingerprint density at radius 3 is 2.82 bits per heavy atom. The van der Waals surface area contributed by atoms with Crippen molar-refractivity contribution in [2.75, 3.05) is 12.3 Å². The minimum Gasteiger partial charge on any atom is -0.494 e. The zero-order chi connectivity index (χ0) is 12.3. The predicted molar refractivity (Wildman–Crippen MR) is 68.1 cm³/mol. The van der Waals surface area contributed by atoms with Gasteiger partial charge < -0.3 is 10.5 Å². The molecule has 0 aliphatic carbocycles. The van der Waals surface area contributed by atoms with Gasteiger partial charge in [0.25, 0.3) is 0 Å². The van der Waals surface area contributed by atoms with Crippen molar-refractivity contribution in [3.05, 3.63) is 41.6 Å². The van der Waals surface area contributed by atoms with Crippen LogP contribution in [0.15, 0.2) is 30.3 Å². The van der Waals surface area contributed by atoms with E-state index in [1.165, 1.54) is 0 Å². The van der Waals surface area contributed by atoms with Gasteiger partial charge in [0.15, 0.2) is 0 Å². The van der Waals surface area contributed by atoms with Crippen LogP contribution in [0.1, 0.15) is 18.2 Å². The Labute approximate surface area is 101 Å². The van der Waals surface area contributed by atoms with Gasteiger partial charge in [0.2, 0.25) is 0 Å². The summed E-state index contributed by atoms with van der Waals surface area (Å²) in [6, 6.07) is 9.85. The van der Waals surface area contributed by atoms with Gasteiger partial charge in [-0.05, 0) is 31.5 Å². The molecule has 0 radical (unpaired) electrons. The third-order valence-electron chi connectivity index (χ3n) is 2.48. The summed E-state index contributed by atoms with van der Waals surface area (Å²) in [5.74, 6) is 1.57. The minimum absolute atomic E-state index is 0.667. The van der Waals surface area contributed by atoms with E-state index in [9.17, 15) is 0 Å². The number of ether oxygens (including phenoxy) is 1. The number of hydrogen-bond acceptors (Lipinski definition) is 3. The van der Waals surface area contributed by atoms with Crippen molar-refractivity contribution in [2.24, 2.45) is 0 Å². The van der Waals surface area contributed by atoms with Crippen LogP contribution >= 0.6 is 0 Å². The van der Waals surface area contributed by atoms with Crippen molar-refractivity contribution in [3.8, 4) is 5.75 Å². The van der Waals surface area contributed by atoms with Crippen LogP contribution in [-0.4, -0.2) is 16.4 Å². The molecule has 90 valence electrons. The number of nitrogens with zero attached hydrogens (tertiary/aromatic N) is 2. The van der Waals surface area contributed by atoms with Crippen LogP contribution in [-0.2, 0) is 6.54 Å². The minimum atomic E-state index is 0.667. The summed E-state index contributed by atoms with van der Waals surface area (Å²) in [6.07, 6.45) is 0. The average Bonchev–Trinajstić information content (AvgIpc) is 2.58. The van der Waals surface area contributed by atoms with Gasteiger partial charge in [-0.1, -0.05) is 12.1 Å². The first-order valence-corrected chi connectivity index (χ1v) is 5.70. The van der Waals surface area contributed by atoms with E-state index in [1.54, 1.807) is 4.68 Å². The van der Waals surface area contributed by atoms with Crippen LogP contribution in [0, 0.1) is 6.92 Å². The maximum atomic E-state index is 5.86. The van der Waals surface area contributed by atoms with E-state index in [0.29, 0.717) is 19.0 Å². The first kappa shape index (κ1) is 11.5. The van der Waals surface area contributed by atoms with Gasteiger partial charge in [0, 0.05) is 6.07 Å². The Kier molecular flexibility index (Phi) is 3.32. The topological polar surface area (TPSA) is 53.1 Å². The molecule has 0 bridgehead atoms. The molecular weight excluding hydrogens is 214 g/mol. The Bertz CT molecular complexity index is 505.